The van der Waals surface area contributed by atoms with E-state index in [1.807, 2.05) is 35.9 Å². The smallest absolute Gasteiger partial charge is 0.276 e. The van der Waals surface area contributed by atoms with Gasteiger partial charge in [-0.1, -0.05) is 23.5 Å². The lowest BCUT2D eigenvalue weighted by Crippen LogP contribution is -2.16. The number of hydrogen-bond donors (Lipinski definition) is 1. The van der Waals surface area contributed by atoms with Gasteiger partial charge in [0, 0.05) is 18.7 Å². The Morgan fingerprint density at radius 1 is 1.12 bits per heavy atom. The van der Waals surface area contributed by atoms with Crippen molar-refractivity contribution in [3.05, 3.63) is 46.8 Å². The fraction of sp³-hybridized carbons (Fsp3) is 0.167. The summed E-state index contributed by atoms with van der Waals surface area (Å²) in [7, 11) is 1.93. The summed E-state index contributed by atoms with van der Waals surface area (Å²) in [5.74, 6) is 0.964. The molecule has 3 heterocycles. The van der Waals surface area contributed by atoms with E-state index in [1.165, 1.54) is 11.3 Å². The van der Waals surface area contributed by atoms with Crippen LogP contribution in [0.25, 0.3) is 10.2 Å². The third-order valence-corrected chi connectivity index (χ3v) is 5.45. The molecule has 3 aromatic rings. The van der Waals surface area contributed by atoms with Gasteiger partial charge in [0.25, 0.3) is 5.91 Å². The molecular formula is C18H14N4O3S. The zero-order valence-corrected chi connectivity index (χ0v) is 14.7. The minimum absolute atomic E-state index is 0.273. The Kier molecular flexibility index (Phi) is 3.32. The molecule has 0 saturated carbocycles. The summed E-state index contributed by atoms with van der Waals surface area (Å²) < 4.78 is 14.2. The van der Waals surface area contributed by atoms with Crippen molar-refractivity contribution in [3.63, 3.8) is 0 Å². The molecule has 1 N–H and O–H groups in total. The van der Waals surface area contributed by atoms with Crippen molar-refractivity contribution in [2.45, 2.75) is 0 Å². The van der Waals surface area contributed by atoms with Gasteiger partial charge in [-0.05, 0) is 18.2 Å². The minimum Gasteiger partial charge on any atom is -0.486 e. The Morgan fingerprint density at radius 3 is 2.69 bits per heavy atom. The van der Waals surface area contributed by atoms with Gasteiger partial charge in [-0.2, -0.15) is 0 Å². The third-order valence-electron chi connectivity index (χ3n) is 4.35. The zero-order valence-electron chi connectivity index (χ0n) is 13.9. The molecule has 1 amide bonds. The maximum absolute atomic E-state index is 12.3. The van der Waals surface area contributed by atoms with Crippen LogP contribution in [0.5, 0.6) is 11.5 Å². The summed E-state index contributed by atoms with van der Waals surface area (Å²) in [6, 6.07) is 11.6. The quantitative estimate of drug-likeness (QED) is 0.671. The number of rotatable bonds is 1. The lowest BCUT2D eigenvalue weighted by atomic mass is 10.1. The van der Waals surface area contributed by atoms with E-state index in [1.54, 1.807) is 12.1 Å². The number of thiazole rings is 1. The summed E-state index contributed by atoms with van der Waals surface area (Å²) in [5, 5.41) is 11.4. The van der Waals surface area contributed by atoms with Gasteiger partial charge in [-0.3, -0.25) is 4.79 Å². The first kappa shape index (κ1) is 15.2. The zero-order chi connectivity index (χ0) is 17.7. The highest BCUT2D eigenvalue weighted by Crippen LogP contribution is 2.38. The molecule has 0 bridgehead atoms. The maximum atomic E-state index is 12.3. The number of benzene rings is 2. The van der Waals surface area contributed by atoms with E-state index in [9.17, 15) is 4.79 Å². The SMILES string of the molecule is Cn1/c(=N\N=C2/C(=O)Nc3cc4c(cc32)OCCO4)sc2ccccc21. The van der Waals surface area contributed by atoms with Gasteiger partial charge in [0.15, 0.2) is 17.2 Å². The standard InChI is InChI=1S/C18H14N4O3S/c1-22-12-4-2-3-5-15(12)26-18(22)21-20-16-10-8-13-14(25-7-6-24-13)9-11(10)19-17(16)23/h2-5,8-9H,6-7H2,1H3,(H,19,20,23)/b21-18+. The molecule has 8 heteroatoms. The van der Waals surface area contributed by atoms with Crippen molar-refractivity contribution in [3.8, 4) is 11.5 Å². The van der Waals surface area contributed by atoms with Crippen LogP contribution < -0.4 is 19.6 Å². The first-order valence-electron chi connectivity index (χ1n) is 8.12. The van der Waals surface area contributed by atoms with Gasteiger partial charge in [-0.25, -0.2) is 0 Å². The highest BCUT2D eigenvalue weighted by atomic mass is 32.1. The molecule has 0 saturated heterocycles. The molecule has 7 nitrogen and oxygen atoms in total. The van der Waals surface area contributed by atoms with Crippen LogP contribution in [0.3, 0.4) is 0 Å². The molecule has 0 aliphatic carbocycles. The number of carbonyl (C=O) groups excluding carboxylic acids is 1. The third kappa shape index (κ3) is 2.30. The molecule has 0 atom stereocenters. The van der Waals surface area contributed by atoms with E-state index >= 15 is 0 Å². The van der Waals surface area contributed by atoms with Gasteiger partial charge in [0.2, 0.25) is 4.80 Å². The molecule has 5 rings (SSSR count). The lowest BCUT2D eigenvalue weighted by molar-refractivity contribution is -0.110. The molecule has 0 fully saturated rings. The lowest BCUT2D eigenvalue weighted by Gasteiger charge is -2.18. The van der Waals surface area contributed by atoms with Crippen LogP contribution in [0.4, 0.5) is 5.69 Å². The molecule has 0 unspecified atom stereocenters. The van der Waals surface area contributed by atoms with Crippen LogP contribution in [0.15, 0.2) is 46.6 Å². The van der Waals surface area contributed by atoms with Crippen molar-refractivity contribution in [2.24, 2.45) is 17.3 Å². The second-order valence-electron chi connectivity index (χ2n) is 5.96. The Morgan fingerprint density at radius 2 is 1.88 bits per heavy atom. The van der Waals surface area contributed by atoms with Crippen molar-refractivity contribution >= 4 is 38.9 Å². The predicted molar refractivity (Wildman–Crippen MR) is 99.0 cm³/mol. The number of aromatic nitrogens is 1. The number of ether oxygens (including phenoxy) is 2. The van der Waals surface area contributed by atoms with E-state index in [-0.39, 0.29) is 11.6 Å². The summed E-state index contributed by atoms with van der Waals surface area (Å²) in [6.07, 6.45) is 0. The van der Waals surface area contributed by atoms with Crippen molar-refractivity contribution in [1.29, 1.82) is 0 Å². The molecule has 2 aliphatic rings. The van der Waals surface area contributed by atoms with Crippen molar-refractivity contribution < 1.29 is 14.3 Å². The Labute approximate surface area is 152 Å². The summed E-state index contributed by atoms with van der Waals surface area (Å²) in [5.41, 5.74) is 2.68. The number of aryl methyl sites for hydroxylation is 1. The van der Waals surface area contributed by atoms with E-state index in [0.29, 0.717) is 36.0 Å². The fourth-order valence-corrected chi connectivity index (χ4v) is 4.03. The summed E-state index contributed by atoms with van der Waals surface area (Å²) >= 11 is 1.53. The van der Waals surface area contributed by atoms with Crippen LogP contribution in [0.2, 0.25) is 0 Å². The van der Waals surface area contributed by atoms with Gasteiger partial charge in [0.1, 0.15) is 13.2 Å². The Hall–Kier alpha value is -3.13. The number of para-hydroxylation sites is 1. The van der Waals surface area contributed by atoms with Gasteiger partial charge >= 0.3 is 0 Å². The molecule has 0 spiro atoms. The molecule has 0 radical (unpaired) electrons. The highest BCUT2D eigenvalue weighted by molar-refractivity contribution is 7.16. The average molecular weight is 366 g/mol. The number of carbonyl (C=O) groups is 1. The Bertz CT molecular complexity index is 1160. The molecular weight excluding hydrogens is 352 g/mol. The number of nitrogens with one attached hydrogen (secondary N) is 1. The number of anilines is 1. The fourth-order valence-electron chi connectivity index (χ4n) is 3.06. The van der Waals surface area contributed by atoms with Crippen LogP contribution >= 0.6 is 11.3 Å². The molecule has 1 aromatic heterocycles. The Balaban J connectivity index is 1.62. The highest BCUT2D eigenvalue weighted by Gasteiger charge is 2.29. The van der Waals surface area contributed by atoms with Gasteiger partial charge in [-0.15, -0.1) is 10.2 Å². The number of amides is 1. The first-order valence-corrected chi connectivity index (χ1v) is 8.94. The van der Waals surface area contributed by atoms with Crippen LogP contribution in [0, 0.1) is 0 Å². The van der Waals surface area contributed by atoms with Crippen LogP contribution in [-0.4, -0.2) is 29.4 Å². The van der Waals surface area contributed by atoms with Gasteiger partial charge in [0.05, 0.1) is 15.9 Å². The number of hydrogen-bond acceptors (Lipinski definition) is 6. The predicted octanol–water partition coefficient (Wildman–Crippen LogP) is 2.27. The second-order valence-corrected chi connectivity index (χ2v) is 6.96. The van der Waals surface area contributed by atoms with E-state index in [0.717, 1.165) is 15.0 Å². The maximum Gasteiger partial charge on any atom is 0.276 e. The van der Waals surface area contributed by atoms with Crippen LogP contribution in [0.1, 0.15) is 5.56 Å². The van der Waals surface area contributed by atoms with Crippen LogP contribution in [-0.2, 0) is 11.8 Å². The first-order chi connectivity index (χ1) is 12.7. The average Bonchev–Trinajstić information content (AvgIpc) is 3.14. The van der Waals surface area contributed by atoms with E-state index < -0.39 is 0 Å². The number of fused-ring (bicyclic) bond motifs is 3. The van der Waals surface area contributed by atoms with E-state index in [2.05, 4.69) is 15.5 Å². The van der Waals surface area contributed by atoms with Crippen molar-refractivity contribution in [1.82, 2.24) is 4.57 Å². The second kappa shape index (κ2) is 5.70. The molecule has 130 valence electrons. The molecule has 2 aromatic carbocycles. The monoisotopic (exact) mass is 366 g/mol. The van der Waals surface area contributed by atoms with Gasteiger partial charge < -0.3 is 19.4 Å². The van der Waals surface area contributed by atoms with E-state index in [4.69, 9.17) is 9.47 Å². The summed E-state index contributed by atoms with van der Waals surface area (Å²) in [6.45, 7) is 0.986. The normalized spacial score (nSPS) is 17.7. The topological polar surface area (TPSA) is 77.2 Å². The minimum atomic E-state index is -0.283. The largest absolute Gasteiger partial charge is 0.486 e. The summed E-state index contributed by atoms with van der Waals surface area (Å²) in [4.78, 5) is 13.1. The molecule has 2 aliphatic heterocycles. The number of nitrogens with zero attached hydrogens (tertiary/aromatic N) is 3. The molecule has 26 heavy (non-hydrogen) atoms. The van der Waals surface area contributed by atoms with Crippen molar-refractivity contribution in [2.75, 3.05) is 18.5 Å².